The van der Waals surface area contributed by atoms with Gasteiger partial charge in [0.25, 0.3) is 0 Å². The molecule has 2 atom stereocenters. The Morgan fingerprint density at radius 1 is 1.07 bits per heavy atom. The van der Waals surface area contributed by atoms with E-state index >= 15 is 0 Å². The first-order chi connectivity index (χ1) is 13.3. The molecule has 1 heterocycles. The van der Waals surface area contributed by atoms with E-state index in [2.05, 4.69) is 43.0 Å². The SMILES string of the molecule is CCCCCC(CCC)C1(C2CCCC2)CN(CCF)Cc2ccccc21. The van der Waals surface area contributed by atoms with Crippen LogP contribution in [0.3, 0.4) is 0 Å². The third kappa shape index (κ3) is 4.42. The molecule has 1 fully saturated rings. The second-order valence-corrected chi connectivity index (χ2v) is 9.06. The van der Waals surface area contributed by atoms with E-state index in [-0.39, 0.29) is 12.1 Å². The minimum Gasteiger partial charge on any atom is -0.296 e. The normalized spacial score (nSPS) is 24.9. The highest BCUT2D eigenvalue weighted by atomic mass is 19.1. The molecule has 0 N–H and O–H groups in total. The van der Waals surface area contributed by atoms with Gasteiger partial charge in [0.05, 0.1) is 0 Å². The van der Waals surface area contributed by atoms with Gasteiger partial charge in [-0.1, -0.05) is 76.6 Å². The fraction of sp³-hybridized carbons (Fsp3) is 0.760. The van der Waals surface area contributed by atoms with Gasteiger partial charge in [-0.3, -0.25) is 4.90 Å². The fourth-order valence-electron chi connectivity index (χ4n) is 6.26. The van der Waals surface area contributed by atoms with Crippen LogP contribution in [0.15, 0.2) is 24.3 Å². The van der Waals surface area contributed by atoms with Crippen molar-refractivity contribution >= 4 is 0 Å². The second kappa shape index (κ2) is 10.0. The van der Waals surface area contributed by atoms with E-state index in [4.69, 9.17) is 0 Å². The third-order valence-corrected chi connectivity index (χ3v) is 7.40. The maximum Gasteiger partial charge on any atom is 0.102 e. The number of unbranched alkanes of at least 4 members (excludes halogenated alkanes) is 2. The highest BCUT2D eigenvalue weighted by Crippen LogP contribution is 2.53. The zero-order chi connectivity index (χ0) is 19.1. The van der Waals surface area contributed by atoms with Gasteiger partial charge in [0.15, 0.2) is 0 Å². The first kappa shape index (κ1) is 20.8. The van der Waals surface area contributed by atoms with Crippen LogP contribution in [-0.2, 0) is 12.0 Å². The highest BCUT2D eigenvalue weighted by molar-refractivity contribution is 5.39. The molecule has 152 valence electrons. The van der Waals surface area contributed by atoms with E-state index in [1.807, 2.05) is 0 Å². The summed E-state index contributed by atoms with van der Waals surface area (Å²) in [6.45, 7) is 7.04. The summed E-state index contributed by atoms with van der Waals surface area (Å²) in [7, 11) is 0. The maximum absolute atomic E-state index is 13.3. The molecule has 1 saturated carbocycles. The quantitative estimate of drug-likeness (QED) is 0.403. The lowest BCUT2D eigenvalue weighted by atomic mass is 9.57. The van der Waals surface area contributed by atoms with Crippen molar-refractivity contribution in [2.24, 2.45) is 11.8 Å². The van der Waals surface area contributed by atoms with Gasteiger partial charge in [0.2, 0.25) is 0 Å². The number of nitrogens with zero attached hydrogens (tertiary/aromatic N) is 1. The van der Waals surface area contributed by atoms with Gasteiger partial charge >= 0.3 is 0 Å². The Labute approximate surface area is 166 Å². The molecular weight excluding hydrogens is 333 g/mol. The molecule has 2 heteroatoms. The Morgan fingerprint density at radius 2 is 1.85 bits per heavy atom. The maximum atomic E-state index is 13.3. The van der Waals surface area contributed by atoms with Crippen LogP contribution in [0.5, 0.6) is 0 Å². The molecule has 1 aromatic rings. The standard InChI is InChI=1S/C25H40FN/c1-3-5-6-13-22(11-4-2)25(23-14-8-9-15-23)20-27(18-17-26)19-21-12-7-10-16-24(21)25/h7,10,12,16,22-23H,3-6,8-9,11,13-15,17-20H2,1-2H3. The van der Waals surface area contributed by atoms with Crippen LogP contribution in [0.25, 0.3) is 0 Å². The van der Waals surface area contributed by atoms with E-state index < -0.39 is 0 Å². The zero-order valence-electron chi connectivity index (χ0n) is 17.7. The van der Waals surface area contributed by atoms with Crippen molar-refractivity contribution in [1.82, 2.24) is 4.90 Å². The first-order valence-corrected chi connectivity index (χ1v) is 11.6. The van der Waals surface area contributed by atoms with Crippen LogP contribution in [0.4, 0.5) is 4.39 Å². The van der Waals surface area contributed by atoms with Crippen LogP contribution in [0.1, 0.15) is 89.2 Å². The number of fused-ring (bicyclic) bond motifs is 1. The summed E-state index contributed by atoms with van der Waals surface area (Å²) in [5.74, 6) is 1.51. The summed E-state index contributed by atoms with van der Waals surface area (Å²) in [5, 5.41) is 0. The Hall–Kier alpha value is -0.890. The van der Waals surface area contributed by atoms with Gasteiger partial charge in [-0.05, 0) is 48.6 Å². The molecule has 0 bridgehead atoms. The smallest absolute Gasteiger partial charge is 0.102 e. The predicted molar refractivity (Wildman–Crippen MR) is 114 cm³/mol. The summed E-state index contributed by atoms with van der Waals surface area (Å²) in [6.07, 6.45) is 13.4. The third-order valence-electron chi connectivity index (χ3n) is 7.40. The molecular formula is C25H40FN. The molecule has 2 aliphatic rings. The van der Waals surface area contributed by atoms with Gasteiger partial charge in [0, 0.05) is 25.0 Å². The van der Waals surface area contributed by atoms with Crippen LogP contribution >= 0.6 is 0 Å². The van der Waals surface area contributed by atoms with Crippen LogP contribution in [0, 0.1) is 11.8 Å². The number of hydrogen-bond acceptors (Lipinski definition) is 1. The number of benzene rings is 1. The van der Waals surface area contributed by atoms with Gasteiger partial charge in [-0.15, -0.1) is 0 Å². The minimum absolute atomic E-state index is 0.225. The molecule has 0 spiro atoms. The van der Waals surface area contributed by atoms with Crippen molar-refractivity contribution in [3.63, 3.8) is 0 Å². The minimum atomic E-state index is -0.225. The van der Waals surface area contributed by atoms with E-state index in [1.54, 1.807) is 5.56 Å². The van der Waals surface area contributed by atoms with Crippen molar-refractivity contribution in [3.8, 4) is 0 Å². The summed E-state index contributed by atoms with van der Waals surface area (Å²) in [6, 6.07) is 9.19. The van der Waals surface area contributed by atoms with Crippen molar-refractivity contribution in [2.75, 3.05) is 19.8 Å². The van der Waals surface area contributed by atoms with Crippen LogP contribution in [0.2, 0.25) is 0 Å². The lowest BCUT2D eigenvalue weighted by Gasteiger charge is -2.52. The number of alkyl halides is 1. The van der Waals surface area contributed by atoms with Crippen molar-refractivity contribution in [3.05, 3.63) is 35.4 Å². The molecule has 0 radical (unpaired) electrons. The number of hydrogen-bond donors (Lipinski definition) is 0. The first-order valence-electron chi connectivity index (χ1n) is 11.6. The summed E-state index contributed by atoms with van der Waals surface area (Å²) >= 11 is 0. The molecule has 3 rings (SSSR count). The summed E-state index contributed by atoms with van der Waals surface area (Å²) in [4.78, 5) is 2.43. The monoisotopic (exact) mass is 373 g/mol. The van der Waals surface area contributed by atoms with Gasteiger partial charge in [0.1, 0.15) is 6.67 Å². The fourth-order valence-corrected chi connectivity index (χ4v) is 6.26. The van der Waals surface area contributed by atoms with E-state index in [9.17, 15) is 4.39 Å². The van der Waals surface area contributed by atoms with Crippen molar-refractivity contribution in [1.29, 1.82) is 0 Å². The molecule has 1 nitrogen and oxygen atoms in total. The van der Waals surface area contributed by atoms with Gasteiger partial charge < -0.3 is 0 Å². The molecule has 1 aromatic carbocycles. The average Bonchev–Trinajstić information content (AvgIpc) is 3.22. The molecule has 27 heavy (non-hydrogen) atoms. The van der Waals surface area contributed by atoms with Crippen molar-refractivity contribution < 1.29 is 4.39 Å². The van der Waals surface area contributed by atoms with Crippen molar-refractivity contribution in [2.45, 2.75) is 90.0 Å². The molecule has 1 aliphatic carbocycles. The average molecular weight is 374 g/mol. The number of rotatable bonds is 10. The van der Waals surface area contributed by atoms with Crippen LogP contribution < -0.4 is 0 Å². The second-order valence-electron chi connectivity index (χ2n) is 9.06. The molecule has 1 aliphatic heterocycles. The van der Waals surface area contributed by atoms with Gasteiger partial charge in [-0.2, -0.15) is 0 Å². The Balaban J connectivity index is 2.04. The molecule has 0 saturated heterocycles. The van der Waals surface area contributed by atoms with E-state index in [1.165, 1.54) is 69.8 Å². The Morgan fingerprint density at radius 3 is 2.56 bits per heavy atom. The topological polar surface area (TPSA) is 3.24 Å². The Kier molecular flexibility index (Phi) is 7.75. The number of halogens is 1. The highest BCUT2D eigenvalue weighted by Gasteiger charge is 2.50. The summed E-state index contributed by atoms with van der Waals surface area (Å²) in [5.41, 5.74) is 3.34. The molecule has 0 amide bonds. The lowest BCUT2D eigenvalue weighted by Crippen LogP contribution is -2.54. The molecule has 2 unspecified atom stereocenters. The van der Waals surface area contributed by atoms with Gasteiger partial charge in [-0.25, -0.2) is 4.39 Å². The lowest BCUT2D eigenvalue weighted by molar-refractivity contribution is 0.0622. The van der Waals surface area contributed by atoms with Crippen LogP contribution in [-0.4, -0.2) is 24.7 Å². The van der Waals surface area contributed by atoms with E-state index in [0.29, 0.717) is 6.54 Å². The zero-order valence-corrected chi connectivity index (χ0v) is 17.7. The Bertz CT molecular complexity index is 565. The predicted octanol–water partition coefficient (Wildman–Crippen LogP) is 6.90. The largest absolute Gasteiger partial charge is 0.296 e. The van der Waals surface area contributed by atoms with E-state index in [0.717, 1.165) is 24.9 Å². The molecule has 0 aromatic heterocycles. The summed E-state index contributed by atoms with van der Waals surface area (Å²) < 4.78 is 13.3.